The first-order valence-electron chi connectivity index (χ1n) is 14.2. The van der Waals surface area contributed by atoms with Gasteiger partial charge in [-0.2, -0.15) is 0 Å². The second kappa shape index (κ2) is 12.8. The Morgan fingerprint density at radius 3 is 2.22 bits per heavy atom. The van der Waals surface area contributed by atoms with Crippen molar-refractivity contribution in [3.63, 3.8) is 0 Å². The lowest BCUT2D eigenvalue weighted by Gasteiger charge is -2.31. The number of fused-ring (bicyclic) bond motifs is 2. The number of nitrogens with zero attached hydrogens (tertiary/aromatic N) is 3. The molecule has 4 aromatic rings. The minimum atomic E-state index is -0.800. The van der Waals surface area contributed by atoms with E-state index in [9.17, 15) is 19.2 Å². The molecule has 13 heteroatoms. The largest absolute Gasteiger partial charge is 0.372 e. The van der Waals surface area contributed by atoms with Gasteiger partial charge in [0.25, 0.3) is 0 Å². The van der Waals surface area contributed by atoms with Crippen LogP contribution < -0.4 is 20.0 Å². The molecular formula is C32H27Cl3N4O4S2. The van der Waals surface area contributed by atoms with E-state index in [4.69, 9.17) is 34.8 Å². The Hall–Kier alpha value is -3.28. The number of nitrogens with one attached hydrogen (secondary N) is 1. The molecule has 3 unspecified atom stereocenters. The summed E-state index contributed by atoms with van der Waals surface area (Å²) in [7, 11) is 0. The molecule has 2 aliphatic rings. The maximum Gasteiger partial charge on any atom is 0.308 e. The number of halogens is 3. The molecule has 3 heterocycles. The summed E-state index contributed by atoms with van der Waals surface area (Å²) in [6.45, 7) is 5.55. The standard InChI is InChI=1S/C32H27Cl3N4O4S2/c1-3-37(4-2)20-10-5-17(6-11-20)25-26-27(30(42)39(29(26)41)21-12-7-18(33)8-13-21)44-31-28(25)45-32(43)38(31)16-24(40)36-19-9-14-22(34)23(35)15-19/h5-15,25-27H,3-4,16H2,1-2H3,(H,36,40). The number of anilines is 3. The Balaban J connectivity index is 1.40. The minimum absolute atomic E-state index is 0.283. The zero-order valence-corrected chi connectivity index (χ0v) is 28.0. The van der Waals surface area contributed by atoms with E-state index in [2.05, 4.69) is 24.1 Å². The van der Waals surface area contributed by atoms with Gasteiger partial charge in [-0.1, -0.05) is 70.0 Å². The Morgan fingerprint density at radius 2 is 1.58 bits per heavy atom. The fourth-order valence-electron chi connectivity index (χ4n) is 5.86. The number of amides is 3. The van der Waals surface area contributed by atoms with Gasteiger partial charge in [-0.15, -0.1) is 0 Å². The number of thiazole rings is 1. The van der Waals surface area contributed by atoms with Gasteiger partial charge in [-0.3, -0.25) is 23.7 Å². The molecule has 2 aliphatic heterocycles. The average molecular weight is 702 g/mol. The first-order valence-corrected chi connectivity index (χ1v) is 17.1. The summed E-state index contributed by atoms with van der Waals surface area (Å²) in [4.78, 5) is 58.4. The van der Waals surface area contributed by atoms with Gasteiger partial charge in [-0.25, -0.2) is 4.90 Å². The van der Waals surface area contributed by atoms with Crippen LogP contribution in [0.15, 0.2) is 76.6 Å². The molecule has 0 saturated carbocycles. The molecule has 0 radical (unpaired) electrons. The van der Waals surface area contributed by atoms with Crippen molar-refractivity contribution in [2.24, 2.45) is 5.92 Å². The number of benzene rings is 3. The molecule has 0 spiro atoms. The summed E-state index contributed by atoms with van der Waals surface area (Å²) >= 11 is 20.4. The van der Waals surface area contributed by atoms with Crippen LogP contribution in [0.5, 0.6) is 0 Å². The quantitative estimate of drug-likeness (QED) is 0.196. The van der Waals surface area contributed by atoms with E-state index in [-0.39, 0.29) is 28.3 Å². The summed E-state index contributed by atoms with van der Waals surface area (Å²) in [5.41, 5.74) is 2.71. The molecule has 8 nitrogen and oxygen atoms in total. The zero-order valence-electron chi connectivity index (χ0n) is 24.1. The van der Waals surface area contributed by atoms with Gasteiger partial charge in [0, 0.05) is 40.3 Å². The third kappa shape index (κ3) is 5.90. The molecule has 0 bridgehead atoms. The van der Waals surface area contributed by atoms with E-state index in [0.29, 0.717) is 31.3 Å². The number of imide groups is 1. The first kappa shape index (κ1) is 31.7. The zero-order chi connectivity index (χ0) is 32.0. The number of aromatic nitrogens is 1. The topological polar surface area (TPSA) is 91.7 Å². The maximum absolute atomic E-state index is 14.1. The van der Waals surface area contributed by atoms with Crippen LogP contribution in [0.2, 0.25) is 15.1 Å². The number of hydrogen-bond donors (Lipinski definition) is 1. The Kier molecular flexibility index (Phi) is 9.05. The van der Waals surface area contributed by atoms with Crippen LogP contribution in [-0.4, -0.2) is 40.6 Å². The molecule has 45 heavy (non-hydrogen) atoms. The average Bonchev–Trinajstić information content (AvgIpc) is 3.46. The van der Waals surface area contributed by atoms with Crippen molar-refractivity contribution in [2.75, 3.05) is 28.2 Å². The summed E-state index contributed by atoms with van der Waals surface area (Å²) in [6.07, 6.45) is 0. The summed E-state index contributed by atoms with van der Waals surface area (Å²) < 4.78 is 1.38. The van der Waals surface area contributed by atoms with Gasteiger partial charge in [0.15, 0.2) is 0 Å². The summed E-state index contributed by atoms with van der Waals surface area (Å²) in [5, 5.41) is 3.59. The molecule has 3 aromatic carbocycles. The van der Waals surface area contributed by atoms with Crippen LogP contribution in [0.3, 0.4) is 0 Å². The predicted molar refractivity (Wildman–Crippen MR) is 183 cm³/mol. The number of thioether (sulfide) groups is 1. The SMILES string of the molecule is CCN(CC)c1ccc(C2c3sc(=O)n(CC(=O)Nc4ccc(Cl)c(Cl)c4)c3SC3C(=O)N(c4ccc(Cl)cc4)C(=O)C32)cc1. The highest BCUT2D eigenvalue weighted by atomic mass is 35.5. The van der Waals surface area contributed by atoms with E-state index in [1.807, 2.05) is 24.3 Å². The lowest BCUT2D eigenvalue weighted by molar-refractivity contribution is -0.122. The highest BCUT2D eigenvalue weighted by Gasteiger charge is 2.56. The van der Waals surface area contributed by atoms with Crippen LogP contribution in [0, 0.1) is 5.92 Å². The van der Waals surface area contributed by atoms with Gasteiger partial charge in [0.1, 0.15) is 11.8 Å². The second-order valence-electron chi connectivity index (χ2n) is 10.6. The lowest BCUT2D eigenvalue weighted by atomic mass is 9.83. The number of hydrogen-bond acceptors (Lipinski definition) is 7. The van der Waals surface area contributed by atoms with Crippen LogP contribution in [0.1, 0.15) is 30.2 Å². The number of rotatable bonds is 8. The van der Waals surface area contributed by atoms with Crippen molar-refractivity contribution in [2.45, 2.75) is 36.6 Å². The van der Waals surface area contributed by atoms with Gasteiger partial charge in [0.2, 0.25) is 17.7 Å². The third-order valence-electron chi connectivity index (χ3n) is 8.02. The summed E-state index contributed by atoms with van der Waals surface area (Å²) in [6, 6.07) is 19.2. The van der Waals surface area contributed by atoms with E-state index >= 15 is 0 Å². The van der Waals surface area contributed by atoms with Gasteiger partial charge in [0.05, 0.1) is 26.7 Å². The molecule has 1 fully saturated rings. The highest BCUT2D eigenvalue weighted by Crippen LogP contribution is 2.54. The van der Waals surface area contributed by atoms with Crippen LogP contribution >= 0.6 is 57.9 Å². The molecule has 1 N–H and O–H groups in total. The molecule has 1 aromatic heterocycles. The molecule has 3 amide bonds. The Morgan fingerprint density at radius 1 is 0.889 bits per heavy atom. The van der Waals surface area contributed by atoms with Crippen LogP contribution in [0.25, 0.3) is 0 Å². The van der Waals surface area contributed by atoms with E-state index in [0.717, 1.165) is 47.4 Å². The van der Waals surface area contributed by atoms with Crippen molar-refractivity contribution in [1.82, 2.24) is 4.57 Å². The molecule has 232 valence electrons. The number of carbonyl (C=O) groups excluding carboxylic acids is 3. The van der Waals surface area contributed by atoms with Crippen molar-refractivity contribution in [1.29, 1.82) is 0 Å². The fraction of sp³-hybridized carbons (Fsp3) is 0.250. The maximum atomic E-state index is 14.1. The molecular weight excluding hydrogens is 675 g/mol. The van der Waals surface area contributed by atoms with E-state index < -0.39 is 23.0 Å². The third-order valence-corrected chi connectivity index (χ3v) is 11.6. The number of carbonyl (C=O) groups is 3. The summed E-state index contributed by atoms with van der Waals surface area (Å²) in [5.74, 6) is -2.48. The Bertz CT molecular complexity index is 1860. The lowest BCUT2D eigenvalue weighted by Crippen LogP contribution is -2.33. The van der Waals surface area contributed by atoms with Crippen LogP contribution in [-0.2, 0) is 20.9 Å². The predicted octanol–water partition coefficient (Wildman–Crippen LogP) is 7.15. The molecule has 3 atom stereocenters. The van der Waals surface area contributed by atoms with Crippen molar-refractivity contribution in [3.05, 3.63) is 102 Å². The molecule has 1 saturated heterocycles. The fourth-order valence-corrected chi connectivity index (χ4v) is 9.06. The minimum Gasteiger partial charge on any atom is -0.372 e. The van der Waals surface area contributed by atoms with Gasteiger partial charge < -0.3 is 10.2 Å². The normalized spacial score (nSPS) is 19.0. The van der Waals surface area contributed by atoms with Crippen LogP contribution in [0.4, 0.5) is 17.1 Å². The molecule has 6 rings (SSSR count). The smallest absolute Gasteiger partial charge is 0.308 e. The van der Waals surface area contributed by atoms with Gasteiger partial charge in [-0.05, 0) is 74.0 Å². The van der Waals surface area contributed by atoms with Crippen molar-refractivity contribution < 1.29 is 14.4 Å². The monoisotopic (exact) mass is 700 g/mol. The second-order valence-corrected chi connectivity index (χ2v) is 14.0. The first-order chi connectivity index (χ1) is 21.6. The van der Waals surface area contributed by atoms with Crippen molar-refractivity contribution >= 4 is 92.7 Å². The molecule has 0 aliphatic carbocycles. The van der Waals surface area contributed by atoms with E-state index in [1.54, 1.807) is 36.4 Å². The van der Waals surface area contributed by atoms with Gasteiger partial charge >= 0.3 is 4.87 Å². The van der Waals surface area contributed by atoms with E-state index in [1.165, 1.54) is 15.5 Å². The Labute approximate surface area is 282 Å². The highest BCUT2D eigenvalue weighted by molar-refractivity contribution is 8.00. The van der Waals surface area contributed by atoms with Crippen molar-refractivity contribution in [3.8, 4) is 0 Å².